The van der Waals surface area contributed by atoms with E-state index in [0.29, 0.717) is 30.7 Å². The zero-order valence-electron chi connectivity index (χ0n) is 13.4. The summed E-state index contributed by atoms with van der Waals surface area (Å²) >= 11 is 0. The van der Waals surface area contributed by atoms with E-state index < -0.39 is 4.92 Å². The van der Waals surface area contributed by atoms with Crippen molar-refractivity contribution in [1.82, 2.24) is 10.2 Å². The number of nitrogens with zero attached hydrogens (tertiary/aromatic N) is 2. The van der Waals surface area contributed by atoms with Crippen LogP contribution in [-0.4, -0.2) is 47.4 Å². The maximum absolute atomic E-state index is 12.4. The Balaban J connectivity index is 0.00000208. The van der Waals surface area contributed by atoms with Crippen LogP contribution in [0, 0.1) is 10.1 Å². The SMILES string of the molecule is Cl.O=C(CCNc1ccccc1[N+](=O)[O-])N1CCC2CCC(C1)N2. The summed E-state index contributed by atoms with van der Waals surface area (Å²) in [6, 6.07) is 7.48. The first-order valence-electron chi connectivity index (χ1n) is 8.14. The number of nitro groups is 1. The van der Waals surface area contributed by atoms with Gasteiger partial charge in [-0.25, -0.2) is 0 Å². The Bertz CT molecular complexity index is 598. The van der Waals surface area contributed by atoms with Crippen molar-refractivity contribution >= 4 is 29.7 Å². The molecule has 2 heterocycles. The molecule has 1 amide bonds. The molecule has 132 valence electrons. The lowest BCUT2D eigenvalue weighted by atomic mass is 10.1. The van der Waals surface area contributed by atoms with Gasteiger partial charge < -0.3 is 15.5 Å². The number of nitrogens with one attached hydrogen (secondary N) is 2. The monoisotopic (exact) mass is 354 g/mol. The van der Waals surface area contributed by atoms with Crippen molar-refractivity contribution in [2.45, 2.75) is 37.8 Å². The fraction of sp³-hybridized carbons (Fsp3) is 0.562. The second kappa shape index (κ2) is 8.30. The van der Waals surface area contributed by atoms with E-state index in [9.17, 15) is 14.9 Å². The molecule has 0 radical (unpaired) electrons. The molecule has 0 aliphatic carbocycles. The number of anilines is 1. The van der Waals surface area contributed by atoms with Crippen molar-refractivity contribution in [1.29, 1.82) is 0 Å². The van der Waals surface area contributed by atoms with Gasteiger partial charge in [0.25, 0.3) is 5.69 Å². The summed E-state index contributed by atoms with van der Waals surface area (Å²) in [5.41, 5.74) is 0.498. The van der Waals surface area contributed by atoms with E-state index in [1.165, 1.54) is 12.5 Å². The molecule has 0 spiro atoms. The maximum Gasteiger partial charge on any atom is 0.292 e. The smallest absolute Gasteiger partial charge is 0.292 e. The highest BCUT2D eigenvalue weighted by atomic mass is 35.5. The molecule has 1 aromatic rings. The fourth-order valence-electron chi connectivity index (χ4n) is 3.41. The van der Waals surface area contributed by atoms with Crippen LogP contribution in [0.15, 0.2) is 24.3 Å². The lowest BCUT2D eigenvalue weighted by molar-refractivity contribution is -0.384. The average Bonchev–Trinajstić information content (AvgIpc) is 2.86. The number of hydrogen-bond acceptors (Lipinski definition) is 5. The number of likely N-dealkylation sites (tertiary alicyclic amines) is 1. The van der Waals surface area contributed by atoms with Crippen LogP contribution >= 0.6 is 12.4 Å². The van der Waals surface area contributed by atoms with E-state index in [1.807, 2.05) is 4.90 Å². The van der Waals surface area contributed by atoms with Gasteiger partial charge in [-0.15, -0.1) is 12.4 Å². The number of rotatable bonds is 5. The Morgan fingerprint density at radius 3 is 2.83 bits per heavy atom. The Kier molecular flexibility index (Phi) is 6.39. The molecule has 8 heteroatoms. The highest BCUT2D eigenvalue weighted by molar-refractivity contribution is 5.85. The molecule has 24 heavy (non-hydrogen) atoms. The van der Waals surface area contributed by atoms with Gasteiger partial charge in [-0.05, 0) is 25.3 Å². The Morgan fingerprint density at radius 1 is 1.29 bits per heavy atom. The molecule has 1 aromatic carbocycles. The minimum absolute atomic E-state index is 0. The molecular formula is C16H23ClN4O3. The number of carbonyl (C=O) groups excluding carboxylic acids is 1. The predicted molar refractivity (Wildman–Crippen MR) is 94.6 cm³/mol. The highest BCUT2D eigenvalue weighted by Gasteiger charge is 2.30. The first-order valence-corrected chi connectivity index (χ1v) is 8.14. The van der Waals surface area contributed by atoms with Crippen LogP contribution in [0.25, 0.3) is 0 Å². The molecule has 0 aromatic heterocycles. The van der Waals surface area contributed by atoms with Crippen molar-refractivity contribution in [2.24, 2.45) is 0 Å². The number of benzene rings is 1. The standard InChI is InChI=1S/C16H22N4O3.ClH/c21-16(19-10-8-12-5-6-13(11-19)18-12)7-9-17-14-3-1-2-4-15(14)20(22)23;/h1-4,12-13,17-18H,5-11H2;1H. The van der Waals surface area contributed by atoms with Crippen LogP contribution in [0.2, 0.25) is 0 Å². The van der Waals surface area contributed by atoms with Gasteiger partial charge in [-0.2, -0.15) is 0 Å². The molecule has 2 fully saturated rings. The number of carbonyl (C=O) groups is 1. The van der Waals surface area contributed by atoms with E-state index in [-0.39, 0.29) is 24.0 Å². The summed E-state index contributed by atoms with van der Waals surface area (Å²) in [5.74, 6) is 0.116. The van der Waals surface area contributed by atoms with Gasteiger partial charge in [0.05, 0.1) is 4.92 Å². The van der Waals surface area contributed by atoms with E-state index in [0.717, 1.165) is 25.9 Å². The molecule has 2 unspecified atom stereocenters. The number of amides is 1. The summed E-state index contributed by atoms with van der Waals surface area (Å²) < 4.78 is 0. The summed E-state index contributed by atoms with van der Waals surface area (Å²) in [7, 11) is 0. The number of hydrogen-bond donors (Lipinski definition) is 2. The third-order valence-corrected chi connectivity index (χ3v) is 4.63. The van der Waals surface area contributed by atoms with Crippen molar-refractivity contribution in [2.75, 3.05) is 25.0 Å². The minimum Gasteiger partial charge on any atom is -0.379 e. The molecular weight excluding hydrogens is 332 g/mol. The molecule has 3 rings (SSSR count). The van der Waals surface area contributed by atoms with Crippen LogP contribution in [0.4, 0.5) is 11.4 Å². The second-order valence-electron chi connectivity index (χ2n) is 6.22. The molecule has 2 atom stereocenters. The number of para-hydroxylation sites is 2. The zero-order chi connectivity index (χ0) is 16.2. The molecule has 2 aliphatic rings. The van der Waals surface area contributed by atoms with Crippen molar-refractivity contribution < 1.29 is 9.72 Å². The van der Waals surface area contributed by atoms with Crippen LogP contribution < -0.4 is 10.6 Å². The lowest BCUT2D eigenvalue weighted by Crippen LogP contribution is -2.39. The Labute approximate surface area is 147 Å². The lowest BCUT2D eigenvalue weighted by Gasteiger charge is -2.24. The number of fused-ring (bicyclic) bond motifs is 2. The van der Waals surface area contributed by atoms with Crippen LogP contribution in [0.3, 0.4) is 0 Å². The topological polar surface area (TPSA) is 87.5 Å². The molecule has 2 N–H and O–H groups in total. The first-order chi connectivity index (χ1) is 11.1. The van der Waals surface area contributed by atoms with Crippen molar-refractivity contribution in [3.8, 4) is 0 Å². The van der Waals surface area contributed by atoms with Gasteiger partial charge in [0.2, 0.25) is 5.91 Å². The summed E-state index contributed by atoms with van der Waals surface area (Å²) in [4.78, 5) is 24.8. The van der Waals surface area contributed by atoms with Gasteiger partial charge >= 0.3 is 0 Å². The van der Waals surface area contributed by atoms with E-state index >= 15 is 0 Å². The number of nitro benzene ring substituents is 1. The normalized spacial score (nSPS) is 22.4. The first kappa shape index (κ1) is 18.5. The van der Waals surface area contributed by atoms with Gasteiger partial charge in [-0.1, -0.05) is 12.1 Å². The predicted octanol–water partition coefficient (Wildman–Crippen LogP) is 2.17. The quantitative estimate of drug-likeness (QED) is 0.625. The third-order valence-electron chi connectivity index (χ3n) is 4.63. The minimum atomic E-state index is -0.415. The van der Waals surface area contributed by atoms with E-state index in [1.54, 1.807) is 18.2 Å². The third kappa shape index (κ3) is 4.36. The molecule has 2 aliphatic heterocycles. The molecule has 7 nitrogen and oxygen atoms in total. The average molecular weight is 355 g/mol. The fourth-order valence-corrected chi connectivity index (χ4v) is 3.41. The van der Waals surface area contributed by atoms with E-state index in [2.05, 4.69) is 10.6 Å². The van der Waals surface area contributed by atoms with Crippen molar-refractivity contribution in [3.05, 3.63) is 34.4 Å². The summed E-state index contributed by atoms with van der Waals surface area (Å²) in [6.07, 6.45) is 3.72. The van der Waals surface area contributed by atoms with Gasteiger partial charge in [0.15, 0.2) is 0 Å². The largest absolute Gasteiger partial charge is 0.379 e. The second-order valence-corrected chi connectivity index (χ2v) is 6.22. The van der Waals surface area contributed by atoms with E-state index in [4.69, 9.17) is 0 Å². The van der Waals surface area contributed by atoms with Gasteiger partial charge in [-0.3, -0.25) is 14.9 Å². The molecule has 2 saturated heterocycles. The maximum atomic E-state index is 12.4. The van der Waals surface area contributed by atoms with Crippen LogP contribution in [0.5, 0.6) is 0 Å². The zero-order valence-corrected chi connectivity index (χ0v) is 14.3. The number of halogens is 1. The summed E-state index contributed by atoms with van der Waals surface area (Å²) in [6.45, 7) is 1.99. The van der Waals surface area contributed by atoms with Crippen LogP contribution in [-0.2, 0) is 4.79 Å². The van der Waals surface area contributed by atoms with Gasteiger partial charge in [0, 0.05) is 44.2 Å². The molecule has 2 bridgehead atoms. The highest BCUT2D eigenvalue weighted by Crippen LogP contribution is 2.23. The van der Waals surface area contributed by atoms with Crippen LogP contribution in [0.1, 0.15) is 25.7 Å². The van der Waals surface area contributed by atoms with Crippen molar-refractivity contribution in [3.63, 3.8) is 0 Å². The molecule has 0 saturated carbocycles. The summed E-state index contributed by atoms with van der Waals surface area (Å²) in [5, 5.41) is 17.5. The van der Waals surface area contributed by atoms with Gasteiger partial charge in [0.1, 0.15) is 5.69 Å². The Morgan fingerprint density at radius 2 is 2.04 bits per heavy atom. The Hall–Kier alpha value is -1.86.